The molecule has 1 atom stereocenters. The van der Waals surface area contributed by atoms with Crippen LogP contribution in [0.1, 0.15) is 12.1 Å². The van der Waals surface area contributed by atoms with Crippen molar-refractivity contribution < 1.29 is 9.53 Å². The maximum absolute atomic E-state index is 12.3. The number of hydrogen-bond donors (Lipinski definition) is 0. The van der Waals surface area contributed by atoms with Crippen molar-refractivity contribution in [1.82, 2.24) is 14.9 Å². The highest BCUT2D eigenvalue weighted by Crippen LogP contribution is 2.20. The van der Waals surface area contributed by atoms with Gasteiger partial charge in [0, 0.05) is 42.0 Å². The van der Waals surface area contributed by atoms with Crippen molar-refractivity contribution >= 4 is 17.7 Å². The minimum atomic E-state index is 0.0270. The first-order chi connectivity index (χ1) is 11.2. The lowest BCUT2D eigenvalue weighted by Gasteiger charge is -2.17. The number of pyridine rings is 2. The van der Waals surface area contributed by atoms with E-state index in [-0.39, 0.29) is 12.0 Å². The molecule has 6 heteroatoms. The summed E-state index contributed by atoms with van der Waals surface area (Å²) in [6, 6.07) is 9.56. The van der Waals surface area contributed by atoms with Gasteiger partial charge in [-0.3, -0.25) is 9.78 Å². The van der Waals surface area contributed by atoms with E-state index >= 15 is 0 Å². The fourth-order valence-corrected chi connectivity index (χ4v) is 3.26. The molecule has 1 aliphatic rings. The van der Waals surface area contributed by atoms with Gasteiger partial charge in [-0.25, -0.2) is 4.98 Å². The maximum atomic E-state index is 12.3. The summed E-state index contributed by atoms with van der Waals surface area (Å²) in [5.41, 5.74) is 0.933. The number of carbonyl (C=O) groups excluding carboxylic acids is 1. The molecule has 1 aliphatic heterocycles. The Hall–Kier alpha value is -2.08. The molecule has 0 bridgehead atoms. The summed E-state index contributed by atoms with van der Waals surface area (Å²) < 4.78 is 5.88. The lowest BCUT2D eigenvalue weighted by molar-refractivity contribution is -0.127. The van der Waals surface area contributed by atoms with Gasteiger partial charge in [0.2, 0.25) is 11.8 Å². The summed E-state index contributed by atoms with van der Waals surface area (Å²) in [6.45, 7) is 3.31. The zero-order valence-corrected chi connectivity index (χ0v) is 13.8. The maximum Gasteiger partial charge on any atom is 0.233 e. The lowest BCUT2D eigenvalue weighted by Crippen LogP contribution is -2.32. The first kappa shape index (κ1) is 15.8. The summed E-state index contributed by atoms with van der Waals surface area (Å²) >= 11 is 1.54. The van der Waals surface area contributed by atoms with Gasteiger partial charge in [0.1, 0.15) is 6.10 Å². The second kappa shape index (κ2) is 7.46. The Balaban J connectivity index is 1.48. The first-order valence-electron chi connectivity index (χ1n) is 7.61. The van der Waals surface area contributed by atoms with E-state index in [0.29, 0.717) is 18.2 Å². The quantitative estimate of drug-likeness (QED) is 0.789. The highest BCUT2D eigenvalue weighted by Gasteiger charge is 2.27. The second-order valence-electron chi connectivity index (χ2n) is 5.46. The van der Waals surface area contributed by atoms with Crippen molar-refractivity contribution in [2.75, 3.05) is 18.8 Å². The Morgan fingerprint density at radius 3 is 2.96 bits per heavy atom. The number of amides is 1. The van der Waals surface area contributed by atoms with Gasteiger partial charge < -0.3 is 9.64 Å². The second-order valence-corrected chi connectivity index (χ2v) is 6.51. The molecule has 0 unspecified atom stereocenters. The number of thioether (sulfide) groups is 1. The lowest BCUT2D eigenvalue weighted by atomic mass is 10.3. The van der Waals surface area contributed by atoms with E-state index < -0.39 is 0 Å². The Kier molecular flexibility index (Phi) is 5.12. The Morgan fingerprint density at radius 2 is 2.17 bits per heavy atom. The van der Waals surface area contributed by atoms with E-state index in [1.807, 2.05) is 42.2 Å². The molecule has 2 aromatic rings. The third-order valence-electron chi connectivity index (χ3n) is 3.66. The molecule has 120 valence electrons. The van der Waals surface area contributed by atoms with Gasteiger partial charge >= 0.3 is 0 Å². The highest BCUT2D eigenvalue weighted by molar-refractivity contribution is 8.00. The van der Waals surface area contributed by atoms with Crippen LogP contribution in [0.5, 0.6) is 5.88 Å². The van der Waals surface area contributed by atoms with E-state index in [1.54, 1.807) is 12.4 Å². The number of rotatable bonds is 5. The van der Waals surface area contributed by atoms with Crippen molar-refractivity contribution in [3.63, 3.8) is 0 Å². The van der Waals surface area contributed by atoms with E-state index in [0.717, 1.165) is 23.6 Å². The summed E-state index contributed by atoms with van der Waals surface area (Å²) in [6.07, 6.45) is 4.35. The number of likely N-dealkylation sites (tertiary alicyclic amines) is 1. The summed E-state index contributed by atoms with van der Waals surface area (Å²) in [5.74, 6) is 1.23. The predicted molar refractivity (Wildman–Crippen MR) is 89.5 cm³/mol. The van der Waals surface area contributed by atoms with Crippen LogP contribution in [0.2, 0.25) is 0 Å². The molecule has 5 nitrogen and oxygen atoms in total. The van der Waals surface area contributed by atoms with Gasteiger partial charge in [0.25, 0.3) is 0 Å². The smallest absolute Gasteiger partial charge is 0.233 e. The average Bonchev–Trinajstić information content (AvgIpc) is 3.02. The number of aromatic nitrogens is 2. The van der Waals surface area contributed by atoms with Crippen LogP contribution in [0.3, 0.4) is 0 Å². The van der Waals surface area contributed by atoms with Crippen molar-refractivity contribution in [3.8, 4) is 5.88 Å². The molecule has 0 aliphatic carbocycles. The van der Waals surface area contributed by atoms with Gasteiger partial charge in [-0.15, -0.1) is 11.8 Å². The summed E-state index contributed by atoms with van der Waals surface area (Å²) in [5, 5.41) is 0. The molecule has 23 heavy (non-hydrogen) atoms. The van der Waals surface area contributed by atoms with Crippen LogP contribution in [-0.4, -0.2) is 45.7 Å². The Morgan fingerprint density at radius 1 is 1.35 bits per heavy atom. The minimum absolute atomic E-state index is 0.0270. The molecule has 0 aromatic carbocycles. The molecule has 3 rings (SSSR count). The van der Waals surface area contributed by atoms with Crippen LogP contribution in [0.15, 0.2) is 47.6 Å². The van der Waals surface area contributed by atoms with E-state index in [1.165, 1.54) is 11.8 Å². The number of carbonyl (C=O) groups is 1. The number of aryl methyl sites for hydroxylation is 1. The standard InChI is InChI=1S/C17H19N3O2S/c1-13-3-2-4-16(19-13)22-14-7-10-20(11-14)17(21)12-23-15-5-8-18-9-6-15/h2-6,8-9,14H,7,10-12H2,1H3/t14-/m0/s1. The van der Waals surface area contributed by atoms with E-state index in [2.05, 4.69) is 9.97 Å². The molecule has 0 saturated carbocycles. The highest BCUT2D eigenvalue weighted by atomic mass is 32.2. The van der Waals surface area contributed by atoms with Crippen LogP contribution in [0.4, 0.5) is 0 Å². The fourth-order valence-electron chi connectivity index (χ4n) is 2.48. The molecular formula is C17H19N3O2S. The van der Waals surface area contributed by atoms with Crippen LogP contribution in [0, 0.1) is 6.92 Å². The van der Waals surface area contributed by atoms with Crippen LogP contribution in [0.25, 0.3) is 0 Å². The molecule has 3 heterocycles. The SMILES string of the molecule is Cc1cccc(O[C@H]2CCN(C(=O)CSc3ccncc3)C2)n1. The zero-order valence-electron chi connectivity index (χ0n) is 13.0. The average molecular weight is 329 g/mol. The zero-order chi connectivity index (χ0) is 16.1. The van der Waals surface area contributed by atoms with Gasteiger partial charge in [-0.2, -0.15) is 0 Å². The number of nitrogens with zero attached hydrogens (tertiary/aromatic N) is 3. The van der Waals surface area contributed by atoms with Crippen LogP contribution in [-0.2, 0) is 4.79 Å². The molecule has 1 amide bonds. The largest absolute Gasteiger partial charge is 0.472 e. The summed E-state index contributed by atoms with van der Waals surface area (Å²) in [4.78, 5) is 23.5. The number of ether oxygens (including phenoxy) is 1. The topological polar surface area (TPSA) is 55.3 Å². The fraction of sp³-hybridized carbons (Fsp3) is 0.353. The minimum Gasteiger partial charge on any atom is -0.472 e. The van der Waals surface area contributed by atoms with Gasteiger partial charge in [-0.1, -0.05) is 6.07 Å². The third-order valence-corrected chi connectivity index (χ3v) is 4.66. The molecule has 1 fully saturated rings. The van der Waals surface area contributed by atoms with Gasteiger partial charge in [0.15, 0.2) is 0 Å². The first-order valence-corrected chi connectivity index (χ1v) is 8.60. The predicted octanol–water partition coefficient (Wildman–Crippen LogP) is 2.56. The van der Waals surface area contributed by atoms with Crippen molar-refractivity contribution in [1.29, 1.82) is 0 Å². The van der Waals surface area contributed by atoms with Crippen LogP contribution >= 0.6 is 11.8 Å². The van der Waals surface area contributed by atoms with Crippen molar-refractivity contribution in [2.45, 2.75) is 24.3 Å². The van der Waals surface area contributed by atoms with Crippen LogP contribution < -0.4 is 4.74 Å². The molecular weight excluding hydrogens is 310 g/mol. The summed E-state index contributed by atoms with van der Waals surface area (Å²) in [7, 11) is 0. The Labute approximate surface area is 140 Å². The van der Waals surface area contributed by atoms with Gasteiger partial charge in [-0.05, 0) is 25.1 Å². The molecule has 0 spiro atoms. The molecule has 0 N–H and O–H groups in total. The van der Waals surface area contributed by atoms with Crippen molar-refractivity contribution in [3.05, 3.63) is 48.4 Å². The van der Waals surface area contributed by atoms with Gasteiger partial charge in [0.05, 0.1) is 12.3 Å². The monoisotopic (exact) mass is 329 g/mol. The molecule has 0 radical (unpaired) electrons. The molecule has 2 aromatic heterocycles. The molecule has 1 saturated heterocycles. The number of hydrogen-bond acceptors (Lipinski definition) is 5. The van der Waals surface area contributed by atoms with E-state index in [9.17, 15) is 4.79 Å². The normalized spacial score (nSPS) is 17.3. The van der Waals surface area contributed by atoms with E-state index in [4.69, 9.17) is 4.74 Å². The Bertz CT molecular complexity index is 666. The van der Waals surface area contributed by atoms with Crippen molar-refractivity contribution in [2.24, 2.45) is 0 Å². The third kappa shape index (κ3) is 4.45.